The number of halogens is 1. The highest BCUT2D eigenvalue weighted by atomic mass is 79.9. The first-order chi connectivity index (χ1) is 13.0. The van der Waals surface area contributed by atoms with Gasteiger partial charge >= 0.3 is 0 Å². The van der Waals surface area contributed by atoms with Gasteiger partial charge in [0.05, 0.1) is 27.4 Å². The maximum Gasteiger partial charge on any atom is 0.254 e. The van der Waals surface area contributed by atoms with Crippen LogP contribution in [-0.4, -0.2) is 75.2 Å². The SMILES string of the molecule is COc1cc(C(=O)N2CCC(C(=O)N3CCOCC3)CC2)cc(OC)c1Br. The van der Waals surface area contributed by atoms with E-state index in [9.17, 15) is 9.59 Å². The number of rotatable bonds is 4. The number of benzene rings is 1. The summed E-state index contributed by atoms with van der Waals surface area (Å²) in [6.07, 6.45) is 1.37. The molecular weight excluding hydrogens is 416 g/mol. The van der Waals surface area contributed by atoms with Gasteiger partial charge in [-0.2, -0.15) is 0 Å². The lowest BCUT2D eigenvalue weighted by Crippen LogP contribution is -2.47. The van der Waals surface area contributed by atoms with Gasteiger partial charge in [-0.05, 0) is 40.9 Å². The van der Waals surface area contributed by atoms with Gasteiger partial charge in [-0.15, -0.1) is 0 Å². The Kier molecular flexibility index (Phi) is 6.59. The standard InChI is InChI=1S/C19H25BrN2O5/c1-25-15-11-14(12-16(26-2)17(15)20)19(24)21-5-3-13(4-6-21)18(23)22-7-9-27-10-8-22/h11-13H,3-10H2,1-2H3. The quantitative estimate of drug-likeness (QED) is 0.717. The van der Waals surface area contributed by atoms with Crippen LogP contribution in [0.15, 0.2) is 16.6 Å². The second kappa shape index (κ2) is 8.93. The Labute approximate surface area is 167 Å². The number of morpholine rings is 1. The van der Waals surface area contributed by atoms with E-state index in [0.717, 1.165) is 0 Å². The van der Waals surface area contributed by atoms with Crippen LogP contribution >= 0.6 is 15.9 Å². The molecule has 0 spiro atoms. The molecule has 0 bridgehead atoms. The highest BCUT2D eigenvalue weighted by Gasteiger charge is 2.31. The van der Waals surface area contributed by atoms with Gasteiger partial charge in [0.25, 0.3) is 5.91 Å². The Bertz CT molecular complexity index is 672. The van der Waals surface area contributed by atoms with E-state index in [1.807, 2.05) is 4.90 Å². The molecule has 1 aromatic rings. The molecule has 2 saturated heterocycles. The molecule has 0 N–H and O–H groups in total. The van der Waals surface area contributed by atoms with Crippen LogP contribution in [0.5, 0.6) is 11.5 Å². The number of nitrogens with zero attached hydrogens (tertiary/aromatic N) is 2. The first-order valence-electron chi connectivity index (χ1n) is 9.12. The van der Waals surface area contributed by atoms with Crippen LogP contribution in [0, 0.1) is 5.92 Å². The van der Waals surface area contributed by atoms with Crippen LogP contribution in [0.1, 0.15) is 23.2 Å². The molecule has 0 aliphatic carbocycles. The van der Waals surface area contributed by atoms with Crippen LogP contribution in [0.25, 0.3) is 0 Å². The van der Waals surface area contributed by atoms with Gasteiger partial charge in [-0.25, -0.2) is 0 Å². The molecule has 0 aromatic heterocycles. The van der Waals surface area contributed by atoms with Gasteiger partial charge in [0.15, 0.2) is 0 Å². The largest absolute Gasteiger partial charge is 0.495 e. The first kappa shape index (κ1) is 19.9. The van der Waals surface area contributed by atoms with Crippen molar-refractivity contribution in [3.8, 4) is 11.5 Å². The van der Waals surface area contributed by atoms with Gasteiger partial charge in [0, 0.05) is 37.7 Å². The van der Waals surface area contributed by atoms with Crippen LogP contribution in [-0.2, 0) is 9.53 Å². The summed E-state index contributed by atoms with van der Waals surface area (Å²) in [5.41, 5.74) is 0.518. The number of amides is 2. The van der Waals surface area contributed by atoms with Crippen molar-refractivity contribution in [2.24, 2.45) is 5.92 Å². The van der Waals surface area contributed by atoms with Crippen molar-refractivity contribution in [1.82, 2.24) is 9.80 Å². The zero-order valence-corrected chi connectivity index (χ0v) is 17.3. The maximum absolute atomic E-state index is 12.9. The molecule has 1 aromatic carbocycles. The number of hydrogen-bond donors (Lipinski definition) is 0. The molecule has 2 amide bonds. The molecule has 0 unspecified atom stereocenters. The normalized spacial score (nSPS) is 18.3. The van der Waals surface area contributed by atoms with Crippen molar-refractivity contribution in [1.29, 1.82) is 0 Å². The van der Waals surface area contributed by atoms with Crippen molar-refractivity contribution in [3.05, 3.63) is 22.2 Å². The van der Waals surface area contributed by atoms with E-state index in [0.29, 0.717) is 73.8 Å². The van der Waals surface area contributed by atoms with Gasteiger partial charge in [-0.3, -0.25) is 9.59 Å². The minimum atomic E-state index is -0.0728. The summed E-state index contributed by atoms with van der Waals surface area (Å²) in [4.78, 5) is 29.2. The van der Waals surface area contributed by atoms with E-state index in [2.05, 4.69) is 15.9 Å². The lowest BCUT2D eigenvalue weighted by Gasteiger charge is -2.35. The van der Waals surface area contributed by atoms with Gasteiger partial charge < -0.3 is 24.0 Å². The van der Waals surface area contributed by atoms with Crippen LogP contribution in [0.2, 0.25) is 0 Å². The fraction of sp³-hybridized carbons (Fsp3) is 0.579. The van der Waals surface area contributed by atoms with E-state index < -0.39 is 0 Å². The summed E-state index contributed by atoms with van der Waals surface area (Å²) in [5, 5.41) is 0. The minimum absolute atomic E-state index is 0.0128. The third-order valence-electron chi connectivity index (χ3n) is 5.15. The van der Waals surface area contributed by atoms with E-state index in [1.165, 1.54) is 0 Å². The van der Waals surface area contributed by atoms with Crippen molar-refractivity contribution in [2.75, 3.05) is 53.6 Å². The smallest absolute Gasteiger partial charge is 0.254 e. The van der Waals surface area contributed by atoms with E-state index >= 15 is 0 Å². The molecule has 2 aliphatic heterocycles. The molecule has 148 valence electrons. The average molecular weight is 441 g/mol. The number of carbonyl (C=O) groups excluding carboxylic acids is 2. The summed E-state index contributed by atoms with van der Waals surface area (Å²) in [7, 11) is 3.10. The van der Waals surface area contributed by atoms with E-state index in [1.54, 1.807) is 31.3 Å². The molecule has 27 heavy (non-hydrogen) atoms. The van der Waals surface area contributed by atoms with Gasteiger partial charge in [-0.1, -0.05) is 0 Å². The predicted octanol–water partition coefficient (Wildman–Crippen LogP) is 2.18. The molecule has 2 fully saturated rings. The van der Waals surface area contributed by atoms with E-state index in [4.69, 9.17) is 14.2 Å². The molecule has 0 atom stereocenters. The number of methoxy groups -OCH3 is 2. The summed E-state index contributed by atoms with van der Waals surface area (Å²) >= 11 is 3.42. The lowest BCUT2D eigenvalue weighted by atomic mass is 9.94. The summed E-state index contributed by atoms with van der Waals surface area (Å²) in [6.45, 7) is 3.68. The molecule has 8 heteroatoms. The number of likely N-dealkylation sites (tertiary alicyclic amines) is 1. The second-order valence-corrected chi connectivity index (χ2v) is 7.49. The molecule has 2 heterocycles. The fourth-order valence-electron chi connectivity index (χ4n) is 3.55. The molecule has 0 radical (unpaired) electrons. The van der Waals surface area contributed by atoms with E-state index in [-0.39, 0.29) is 17.7 Å². The predicted molar refractivity (Wildman–Crippen MR) is 103 cm³/mol. The number of piperidine rings is 1. The molecular formula is C19H25BrN2O5. The van der Waals surface area contributed by atoms with Crippen LogP contribution in [0.3, 0.4) is 0 Å². The first-order valence-corrected chi connectivity index (χ1v) is 9.91. The van der Waals surface area contributed by atoms with Crippen LogP contribution in [0.4, 0.5) is 0 Å². The average Bonchev–Trinajstić information content (AvgIpc) is 2.73. The molecule has 7 nitrogen and oxygen atoms in total. The van der Waals surface area contributed by atoms with Crippen LogP contribution < -0.4 is 9.47 Å². The summed E-state index contributed by atoms with van der Waals surface area (Å²) < 4.78 is 16.6. The third kappa shape index (κ3) is 4.38. The van der Waals surface area contributed by atoms with Crippen molar-refractivity contribution >= 4 is 27.7 Å². The third-order valence-corrected chi connectivity index (χ3v) is 5.93. The number of hydrogen-bond acceptors (Lipinski definition) is 5. The Morgan fingerprint density at radius 2 is 1.56 bits per heavy atom. The monoisotopic (exact) mass is 440 g/mol. The second-order valence-electron chi connectivity index (χ2n) is 6.70. The van der Waals surface area contributed by atoms with Gasteiger partial charge in [0.2, 0.25) is 5.91 Å². The molecule has 0 saturated carbocycles. The number of ether oxygens (including phenoxy) is 3. The van der Waals surface area contributed by atoms with Crippen molar-refractivity contribution in [3.63, 3.8) is 0 Å². The maximum atomic E-state index is 12.9. The van der Waals surface area contributed by atoms with Crippen molar-refractivity contribution < 1.29 is 23.8 Å². The molecule has 2 aliphatic rings. The Morgan fingerprint density at radius 3 is 2.07 bits per heavy atom. The fourth-order valence-corrected chi connectivity index (χ4v) is 4.10. The summed E-state index contributed by atoms with van der Waals surface area (Å²) in [6, 6.07) is 3.42. The number of carbonyl (C=O) groups is 2. The Morgan fingerprint density at radius 1 is 1.00 bits per heavy atom. The topological polar surface area (TPSA) is 68.3 Å². The Hall–Kier alpha value is -1.80. The Balaban J connectivity index is 1.64. The molecule has 3 rings (SSSR count). The zero-order valence-electron chi connectivity index (χ0n) is 15.7. The zero-order chi connectivity index (χ0) is 19.4. The highest BCUT2D eigenvalue weighted by molar-refractivity contribution is 9.10. The van der Waals surface area contributed by atoms with Crippen molar-refractivity contribution in [2.45, 2.75) is 12.8 Å². The lowest BCUT2D eigenvalue weighted by molar-refractivity contribution is -0.141. The van der Waals surface area contributed by atoms with Gasteiger partial charge in [0.1, 0.15) is 16.0 Å². The highest BCUT2D eigenvalue weighted by Crippen LogP contribution is 2.36. The summed E-state index contributed by atoms with van der Waals surface area (Å²) in [5.74, 6) is 1.21. The minimum Gasteiger partial charge on any atom is -0.495 e.